The molecule has 0 aliphatic carbocycles. The van der Waals surface area contributed by atoms with Gasteiger partial charge in [0, 0.05) is 9.46 Å². The van der Waals surface area contributed by atoms with Crippen molar-refractivity contribution >= 4 is 30.1 Å². The molecule has 0 saturated carbocycles. The van der Waals surface area contributed by atoms with Crippen LogP contribution < -0.4 is 0 Å². The predicted molar refractivity (Wildman–Crippen MR) is 67.3 cm³/mol. The van der Waals surface area contributed by atoms with E-state index in [2.05, 4.69) is 8.71 Å². The summed E-state index contributed by atoms with van der Waals surface area (Å²) in [6, 6.07) is 2.85. The van der Waals surface area contributed by atoms with Crippen molar-refractivity contribution in [3.05, 3.63) is 23.8 Å². The van der Waals surface area contributed by atoms with Gasteiger partial charge in [0.1, 0.15) is 4.90 Å². The Kier molecular flexibility index (Phi) is 6.14. The van der Waals surface area contributed by atoms with E-state index < -0.39 is 41.8 Å². The lowest BCUT2D eigenvalue weighted by atomic mass is 10.2. The summed E-state index contributed by atoms with van der Waals surface area (Å²) in [7, 11) is -7.95. The highest BCUT2D eigenvalue weighted by Gasteiger charge is 2.39. The van der Waals surface area contributed by atoms with Crippen molar-refractivity contribution in [3.8, 4) is 0 Å². The average molecular weight is 365 g/mol. The molecule has 0 spiro atoms. The van der Waals surface area contributed by atoms with Gasteiger partial charge in [-0.15, -0.1) is 16.7 Å². The largest absolute Gasteiger partial charge is 0.697 e. The van der Waals surface area contributed by atoms with Crippen LogP contribution in [0.5, 0.6) is 0 Å². The van der Waals surface area contributed by atoms with Crippen molar-refractivity contribution in [2.75, 3.05) is 13.0 Å². The summed E-state index contributed by atoms with van der Waals surface area (Å²) in [5.41, 5.74) is -1.39. The van der Waals surface area contributed by atoms with Gasteiger partial charge in [0.15, 0.2) is 0 Å². The summed E-state index contributed by atoms with van der Waals surface area (Å²) in [6.45, 7) is -1.17. The molecule has 1 aromatic rings. The second-order valence-corrected chi connectivity index (χ2v) is 6.53. The Bertz CT molecular complexity index is 631. The maximum atomic E-state index is 12.9. The van der Waals surface area contributed by atoms with Crippen molar-refractivity contribution in [2.45, 2.75) is 16.0 Å². The van der Waals surface area contributed by atoms with Crippen LogP contribution in [0, 0.1) is 0 Å². The second kappa shape index (κ2) is 7.03. The highest BCUT2D eigenvalue weighted by molar-refractivity contribution is 7.99. The number of rotatable bonds is 6. The second-order valence-electron chi connectivity index (χ2n) is 3.39. The molecule has 0 heterocycles. The fraction of sp³-hybridized carbons (Fsp3) is 0.333. The summed E-state index contributed by atoms with van der Waals surface area (Å²) >= 11 is 0.785. The molecule has 0 aliphatic heterocycles. The highest BCUT2D eigenvalue weighted by atomic mass is 32.2. The number of hydrogen-bond acceptors (Lipinski definition) is 6. The SMILES string of the molecule is CSc1cccc(C(F)(F)F)c1S(=O)(=O)OCO[P+](=O)O. The molecule has 0 fully saturated rings. The molecular formula is C9H9F3O6PS2+. The zero-order valence-electron chi connectivity index (χ0n) is 10.3. The van der Waals surface area contributed by atoms with Crippen LogP contribution in [0.1, 0.15) is 5.56 Å². The van der Waals surface area contributed by atoms with Crippen LogP contribution in [0.4, 0.5) is 13.2 Å². The van der Waals surface area contributed by atoms with Crippen LogP contribution >= 0.6 is 20.0 Å². The van der Waals surface area contributed by atoms with E-state index in [0.29, 0.717) is 6.07 Å². The van der Waals surface area contributed by atoms with Gasteiger partial charge in [-0.25, -0.2) is 4.18 Å². The van der Waals surface area contributed by atoms with Gasteiger partial charge < -0.3 is 0 Å². The summed E-state index contributed by atoms with van der Waals surface area (Å²) in [5, 5.41) is 0. The third-order valence-corrected chi connectivity index (χ3v) is 4.70. The fourth-order valence-corrected chi connectivity index (χ4v) is 3.69. The van der Waals surface area contributed by atoms with Crippen LogP contribution in [0.15, 0.2) is 28.0 Å². The van der Waals surface area contributed by atoms with E-state index >= 15 is 0 Å². The van der Waals surface area contributed by atoms with E-state index in [1.165, 1.54) is 12.3 Å². The zero-order valence-corrected chi connectivity index (χ0v) is 12.9. The number of thioether (sulfide) groups is 1. The lowest BCUT2D eigenvalue weighted by molar-refractivity contribution is -0.140. The quantitative estimate of drug-likeness (QED) is 0.359. The van der Waals surface area contributed by atoms with E-state index in [-0.39, 0.29) is 4.90 Å². The zero-order chi connectivity index (χ0) is 16.3. The molecular weight excluding hydrogens is 356 g/mol. The summed E-state index contributed by atoms with van der Waals surface area (Å²) in [4.78, 5) is 7.11. The molecule has 1 rings (SSSR count). The van der Waals surface area contributed by atoms with Crippen molar-refractivity contribution in [1.82, 2.24) is 0 Å². The Labute approximate surface area is 123 Å². The van der Waals surface area contributed by atoms with Crippen LogP contribution in [-0.4, -0.2) is 26.4 Å². The van der Waals surface area contributed by atoms with Gasteiger partial charge in [-0.3, -0.25) is 0 Å². The topological polar surface area (TPSA) is 89.9 Å². The summed E-state index contributed by atoms with van der Waals surface area (Å²) < 4.78 is 80.8. The fourth-order valence-electron chi connectivity index (χ4n) is 1.35. The number of benzene rings is 1. The molecule has 12 heteroatoms. The van der Waals surface area contributed by atoms with Gasteiger partial charge in [-0.1, -0.05) is 10.6 Å². The first-order chi connectivity index (χ1) is 9.59. The van der Waals surface area contributed by atoms with Gasteiger partial charge in [-0.05, 0) is 18.4 Å². The molecule has 0 radical (unpaired) electrons. The van der Waals surface area contributed by atoms with Crippen molar-refractivity contribution < 1.29 is 39.8 Å². The third kappa shape index (κ3) is 4.90. The molecule has 1 N–H and O–H groups in total. The molecule has 118 valence electrons. The monoisotopic (exact) mass is 365 g/mol. The molecule has 0 saturated heterocycles. The third-order valence-electron chi connectivity index (χ3n) is 2.12. The van der Waals surface area contributed by atoms with Crippen molar-refractivity contribution in [1.29, 1.82) is 0 Å². The van der Waals surface area contributed by atoms with E-state index in [1.54, 1.807) is 0 Å². The molecule has 21 heavy (non-hydrogen) atoms. The van der Waals surface area contributed by atoms with Crippen LogP contribution in [0.25, 0.3) is 0 Å². The normalized spacial score (nSPS) is 13.3. The number of halogens is 3. The first-order valence-electron chi connectivity index (χ1n) is 5.02. The van der Waals surface area contributed by atoms with Gasteiger partial charge >= 0.3 is 24.5 Å². The van der Waals surface area contributed by atoms with Crippen LogP contribution in [-0.2, 0) is 29.6 Å². The first-order valence-corrected chi connectivity index (χ1v) is 8.78. The lowest BCUT2D eigenvalue weighted by Gasteiger charge is -2.15. The maximum absolute atomic E-state index is 12.9. The Morgan fingerprint density at radius 2 is 2.00 bits per heavy atom. The lowest BCUT2D eigenvalue weighted by Crippen LogP contribution is -2.17. The minimum absolute atomic E-state index is 0.168. The molecule has 0 amide bonds. The first kappa shape index (κ1) is 18.3. The van der Waals surface area contributed by atoms with Crippen LogP contribution in [0.2, 0.25) is 0 Å². The maximum Gasteiger partial charge on any atom is 0.697 e. The van der Waals surface area contributed by atoms with E-state index in [1.807, 2.05) is 0 Å². The van der Waals surface area contributed by atoms with Gasteiger partial charge in [0.25, 0.3) is 0 Å². The predicted octanol–water partition coefficient (Wildman–Crippen LogP) is 2.76. The molecule has 0 aliphatic rings. The van der Waals surface area contributed by atoms with Crippen molar-refractivity contribution in [2.24, 2.45) is 0 Å². The molecule has 1 unspecified atom stereocenters. The number of hydrogen-bond donors (Lipinski definition) is 1. The molecule has 0 aromatic heterocycles. The van der Waals surface area contributed by atoms with Gasteiger partial charge in [0.05, 0.1) is 5.56 Å². The number of alkyl halides is 3. The Balaban J connectivity index is 3.29. The van der Waals surface area contributed by atoms with Gasteiger partial charge in [-0.2, -0.15) is 21.6 Å². The average Bonchev–Trinajstić information content (AvgIpc) is 2.36. The summed E-state index contributed by atoms with van der Waals surface area (Å²) in [6.07, 6.45) is -3.50. The molecule has 0 bridgehead atoms. The standard InChI is InChI=1S/C9H8F3O6PS2/c1-20-7-4-2-3-6(9(10,11)12)8(7)21(15,16)18-5-17-19(13)14/h2-4H,5H2,1H3/p+1. The Morgan fingerprint density at radius 1 is 1.38 bits per heavy atom. The summed E-state index contributed by atoms with van der Waals surface area (Å²) in [5.74, 6) is 0. The van der Waals surface area contributed by atoms with Gasteiger partial charge in [0.2, 0.25) is 6.79 Å². The minimum atomic E-state index is -4.90. The molecule has 6 nitrogen and oxygen atoms in total. The Morgan fingerprint density at radius 3 is 2.48 bits per heavy atom. The minimum Gasteiger partial charge on any atom is -0.232 e. The van der Waals surface area contributed by atoms with E-state index in [0.717, 1.165) is 17.8 Å². The Hall–Kier alpha value is -0.710. The van der Waals surface area contributed by atoms with E-state index in [4.69, 9.17) is 4.89 Å². The van der Waals surface area contributed by atoms with Crippen LogP contribution in [0.3, 0.4) is 0 Å². The van der Waals surface area contributed by atoms with E-state index in [9.17, 15) is 26.2 Å². The molecule has 1 aromatic carbocycles. The smallest absolute Gasteiger partial charge is 0.232 e. The highest BCUT2D eigenvalue weighted by Crippen LogP contribution is 2.39. The molecule has 1 atom stereocenters. The van der Waals surface area contributed by atoms with Crippen molar-refractivity contribution in [3.63, 3.8) is 0 Å².